The van der Waals surface area contributed by atoms with Crippen LogP contribution in [0.25, 0.3) is 0 Å². The molecular formula is C9H10ClF3N2. The minimum Gasteiger partial charge on any atom is -0.388 e. The molecule has 1 aromatic carbocycles. The average Bonchev–Trinajstić information content (AvgIpc) is 2.13. The molecule has 0 aliphatic carbocycles. The van der Waals surface area contributed by atoms with Gasteiger partial charge in [-0.05, 0) is 18.1 Å². The van der Waals surface area contributed by atoms with Crippen molar-refractivity contribution in [3.8, 4) is 0 Å². The Bertz CT molecular complexity index is 369. The maximum atomic E-state index is 13.0. The lowest BCUT2D eigenvalue weighted by Crippen LogP contribution is -2.11. The van der Waals surface area contributed by atoms with E-state index in [1.807, 2.05) is 0 Å². The fourth-order valence-electron chi connectivity index (χ4n) is 1.03. The number of rotatable bonds is 3. The van der Waals surface area contributed by atoms with Crippen molar-refractivity contribution in [2.75, 3.05) is 0 Å². The smallest absolute Gasteiger partial charge is 0.194 e. The van der Waals surface area contributed by atoms with Crippen molar-refractivity contribution in [3.63, 3.8) is 0 Å². The number of hydrogen-bond donors (Lipinski definition) is 2. The van der Waals surface area contributed by atoms with E-state index in [0.717, 1.165) is 12.1 Å². The van der Waals surface area contributed by atoms with Crippen molar-refractivity contribution in [1.82, 2.24) is 0 Å². The molecule has 15 heavy (non-hydrogen) atoms. The van der Waals surface area contributed by atoms with Gasteiger partial charge in [0.05, 0.1) is 5.84 Å². The van der Waals surface area contributed by atoms with E-state index in [0.29, 0.717) is 0 Å². The van der Waals surface area contributed by atoms with Gasteiger partial charge in [0.15, 0.2) is 17.5 Å². The third kappa shape index (κ3) is 3.43. The highest BCUT2D eigenvalue weighted by Crippen LogP contribution is 2.16. The van der Waals surface area contributed by atoms with Crippen LogP contribution < -0.4 is 5.73 Å². The largest absolute Gasteiger partial charge is 0.388 e. The van der Waals surface area contributed by atoms with Crippen LogP contribution in [0.5, 0.6) is 0 Å². The molecule has 6 heteroatoms. The van der Waals surface area contributed by atoms with Gasteiger partial charge in [0.1, 0.15) is 0 Å². The predicted octanol–water partition coefficient (Wildman–Crippen LogP) is 2.39. The van der Waals surface area contributed by atoms with Crippen LogP contribution in [0.1, 0.15) is 12.0 Å². The Morgan fingerprint density at radius 1 is 1.20 bits per heavy atom. The number of nitrogens with two attached hydrogens (primary N) is 1. The van der Waals surface area contributed by atoms with E-state index < -0.39 is 17.5 Å². The molecule has 0 radical (unpaired) electrons. The van der Waals surface area contributed by atoms with Gasteiger partial charge in [-0.3, -0.25) is 5.41 Å². The summed E-state index contributed by atoms with van der Waals surface area (Å²) < 4.78 is 38.1. The molecule has 1 aromatic rings. The van der Waals surface area contributed by atoms with Gasteiger partial charge in [0.25, 0.3) is 0 Å². The van der Waals surface area contributed by atoms with Gasteiger partial charge in [0.2, 0.25) is 0 Å². The third-order valence-electron chi connectivity index (χ3n) is 1.78. The van der Waals surface area contributed by atoms with Gasteiger partial charge < -0.3 is 5.73 Å². The molecule has 1 rings (SSSR count). The Morgan fingerprint density at radius 3 is 2.33 bits per heavy atom. The fourth-order valence-corrected chi connectivity index (χ4v) is 1.03. The van der Waals surface area contributed by atoms with Gasteiger partial charge >= 0.3 is 0 Å². The van der Waals surface area contributed by atoms with Crippen molar-refractivity contribution in [2.45, 2.75) is 12.8 Å². The van der Waals surface area contributed by atoms with Gasteiger partial charge in [-0.1, -0.05) is 6.07 Å². The van der Waals surface area contributed by atoms with Crippen LogP contribution in [-0.4, -0.2) is 5.84 Å². The third-order valence-corrected chi connectivity index (χ3v) is 1.78. The molecule has 0 aliphatic rings. The molecule has 84 valence electrons. The van der Waals surface area contributed by atoms with E-state index in [9.17, 15) is 13.2 Å². The van der Waals surface area contributed by atoms with Crippen molar-refractivity contribution < 1.29 is 13.2 Å². The van der Waals surface area contributed by atoms with Crippen LogP contribution in [0, 0.1) is 22.9 Å². The van der Waals surface area contributed by atoms with Crippen LogP contribution in [0.15, 0.2) is 12.1 Å². The second-order valence-electron chi connectivity index (χ2n) is 2.86. The van der Waals surface area contributed by atoms with Crippen LogP contribution in [0.3, 0.4) is 0 Å². The monoisotopic (exact) mass is 238 g/mol. The number of aryl methyl sites for hydroxylation is 1. The minimum absolute atomic E-state index is 0. The minimum atomic E-state index is -1.48. The Kier molecular flexibility index (Phi) is 5.14. The van der Waals surface area contributed by atoms with Gasteiger partial charge in [-0.15, -0.1) is 12.4 Å². The summed E-state index contributed by atoms with van der Waals surface area (Å²) in [4.78, 5) is 0. The number of nitrogens with one attached hydrogen (secondary N) is 1. The Labute approximate surface area is 91.2 Å². The summed E-state index contributed by atoms with van der Waals surface area (Å²) in [5.74, 6) is -4.01. The molecule has 3 N–H and O–H groups in total. The maximum Gasteiger partial charge on any atom is 0.194 e. The lowest BCUT2D eigenvalue weighted by atomic mass is 10.1. The Balaban J connectivity index is 0.00000196. The topological polar surface area (TPSA) is 49.9 Å². The van der Waals surface area contributed by atoms with Crippen molar-refractivity contribution >= 4 is 18.2 Å². The van der Waals surface area contributed by atoms with Crippen LogP contribution >= 0.6 is 12.4 Å². The summed E-state index contributed by atoms with van der Waals surface area (Å²) in [7, 11) is 0. The zero-order chi connectivity index (χ0) is 10.7. The Morgan fingerprint density at radius 2 is 1.80 bits per heavy atom. The number of hydrogen-bond acceptors (Lipinski definition) is 1. The van der Waals surface area contributed by atoms with Crippen molar-refractivity contribution in [2.24, 2.45) is 5.73 Å². The quantitative estimate of drug-likeness (QED) is 0.474. The molecular weight excluding hydrogens is 229 g/mol. The van der Waals surface area contributed by atoms with Gasteiger partial charge in [-0.2, -0.15) is 0 Å². The maximum absolute atomic E-state index is 13.0. The van der Waals surface area contributed by atoms with Gasteiger partial charge in [-0.25, -0.2) is 13.2 Å². The molecule has 0 saturated heterocycles. The zero-order valence-electron chi connectivity index (χ0n) is 7.69. The van der Waals surface area contributed by atoms with E-state index >= 15 is 0 Å². The van der Waals surface area contributed by atoms with E-state index in [-0.39, 0.29) is 36.6 Å². The zero-order valence-corrected chi connectivity index (χ0v) is 8.50. The normalized spacial score (nSPS) is 9.53. The average molecular weight is 239 g/mol. The summed E-state index contributed by atoms with van der Waals surface area (Å²) in [6, 6.07) is 2.00. The summed E-state index contributed by atoms with van der Waals surface area (Å²) in [5.41, 5.74) is 5.08. The molecule has 0 saturated carbocycles. The molecule has 0 unspecified atom stereocenters. The summed E-state index contributed by atoms with van der Waals surface area (Å²) in [5, 5.41) is 6.90. The lowest BCUT2D eigenvalue weighted by molar-refractivity contribution is 0.441. The molecule has 0 heterocycles. The summed E-state index contributed by atoms with van der Waals surface area (Å²) >= 11 is 0. The summed E-state index contributed by atoms with van der Waals surface area (Å²) in [6.45, 7) is 0. The number of halogens is 4. The molecule has 0 bridgehead atoms. The highest BCUT2D eigenvalue weighted by molar-refractivity contribution is 5.85. The first kappa shape index (κ1) is 13.8. The molecule has 0 aliphatic heterocycles. The molecule has 0 aromatic heterocycles. The van der Waals surface area contributed by atoms with Crippen molar-refractivity contribution in [1.29, 1.82) is 5.41 Å². The Hall–Kier alpha value is -1.23. The van der Waals surface area contributed by atoms with Crippen LogP contribution in [-0.2, 0) is 6.42 Å². The fraction of sp³-hybridized carbons (Fsp3) is 0.222. The second-order valence-corrected chi connectivity index (χ2v) is 2.86. The number of amidine groups is 1. The molecule has 0 spiro atoms. The second kappa shape index (κ2) is 5.60. The van der Waals surface area contributed by atoms with E-state index in [2.05, 4.69) is 0 Å². The predicted molar refractivity (Wildman–Crippen MR) is 53.8 cm³/mol. The number of benzene rings is 1. The van der Waals surface area contributed by atoms with Crippen LogP contribution in [0.2, 0.25) is 0 Å². The molecule has 0 amide bonds. The first-order chi connectivity index (χ1) is 6.52. The first-order valence-electron chi connectivity index (χ1n) is 3.97. The standard InChI is InChI=1S/C9H9F3N2.ClH/c10-6-3-1-5(2-4-7(13)14)8(11)9(6)12;/h1,3H,2,4H2,(H3,13,14);1H. The van der Waals surface area contributed by atoms with E-state index in [1.165, 1.54) is 0 Å². The van der Waals surface area contributed by atoms with E-state index in [4.69, 9.17) is 11.1 Å². The SMILES string of the molecule is Cl.N=C(N)CCc1ccc(F)c(F)c1F. The van der Waals surface area contributed by atoms with Gasteiger partial charge in [0, 0.05) is 6.42 Å². The van der Waals surface area contributed by atoms with E-state index in [1.54, 1.807) is 0 Å². The highest BCUT2D eigenvalue weighted by Gasteiger charge is 2.12. The lowest BCUT2D eigenvalue weighted by Gasteiger charge is -2.03. The highest BCUT2D eigenvalue weighted by atomic mass is 35.5. The molecule has 0 fully saturated rings. The summed E-state index contributed by atoms with van der Waals surface area (Å²) in [6.07, 6.45) is 0.223. The van der Waals surface area contributed by atoms with Crippen LogP contribution in [0.4, 0.5) is 13.2 Å². The molecule has 0 atom stereocenters. The first-order valence-corrected chi connectivity index (χ1v) is 3.97. The van der Waals surface area contributed by atoms with Crippen molar-refractivity contribution in [3.05, 3.63) is 35.1 Å². The molecule has 2 nitrogen and oxygen atoms in total.